The molecule has 3 rings (SSSR count). The molecule has 0 saturated carbocycles. The molecule has 0 N–H and O–H groups in total. The van der Waals surface area contributed by atoms with Gasteiger partial charge in [0.15, 0.2) is 0 Å². The monoisotopic (exact) mass is 384 g/mol. The van der Waals surface area contributed by atoms with E-state index in [1.54, 1.807) is 0 Å². The first-order valence-electron chi connectivity index (χ1n) is 10.3. The van der Waals surface area contributed by atoms with Gasteiger partial charge in [-0.25, -0.2) is 4.79 Å². The van der Waals surface area contributed by atoms with Gasteiger partial charge in [0, 0.05) is 43.2 Å². The number of nitrogens with zero attached hydrogens (tertiary/aromatic N) is 2. The van der Waals surface area contributed by atoms with Gasteiger partial charge in [0.25, 0.3) is 0 Å². The Balaban J connectivity index is 1.61. The van der Waals surface area contributed by atoms with Crippen LogP contribution in [0.1, 0.15) is 32.3 Å². The van der Waals surface area contributed by atoms with Gasteiger partial charge in [-0.2, -0.15) is 0 Å². The molecule has 0 aliphatic carbocycles. The Morgan fingerprint density at radius 2 is 1.86 bits per heavy atom. The molecule has 1 aromatic heterocycles. The summed E-state index contributed by atoms with van der Waals surface area (Å²) < 4.78 is 11.6. The van der Waals surface area contributed by atoms with E-state index in [0.717, 1.165) is 62.3 Å². The van der Waals surface area contributed by atoms with Crippen molar-refractivity contribution < 1.29 is 9.15 Å². The largest absolute Gasteiger partial charge is 0.493 e. The molecule has 1 aromatic carbocycles. The highest BCUT2D eigenvalue weighted by molar-refractivity contribution is 5.82. The number of fused-ring (bicyclic) bond motifs is 1. The van der Waals surface area contributed by atoms with Crippen molar-refractivity contribution in [3.8, 4) is 5.75 Å². The number of likely N-dealkylation sites (N-methyl/N-ethyl adjacent to an activating group) is 1. The molecule has 1 saturated heterocycles. The van der Waals surface area contributed by atoms with E-state index in [9.17, 15) is 4.79 Å². The molecule has 2 heterocycles. The highest BCUT2D eigenvalue weighted by Gasteiger charge is 2.13. The van der Waals surface area contributed by atoms with Crippen LogP contribution < -0.4 is 10.4 Å². The average Bonchev–Trinajstić information content (AvgIpc) is 2.67. The van der Waals surface area contributed by atoms with Crippen LogP contribution in [0.4, 0.5) is 0 Å². The average molecular weight is 385 g/mol. The van der Waals surface area contributed by atoms with Crippen molar-refractivity contribution in [2.75, 3.05) is 46.4 Å². The van der Waals surface area contributed by atoms with Crippen molar-refractivity contribution in [2.24, 2.45) is 0 Å². The zero-order valence-corrected chi connectivity index (χ0v) is 17.4. The summed E-state index contributed by atoms with van der Waals surface area (Å²) in [6.07, 6.45) is 4.99. The van der Waals surface area contributed by atoms with Crippen molar-refractivity contribution in [3.63, 3.8) is 0 Å². The molecule has 1 aliphatic heterocycles. The number of hydrogen-bond donors (Lipinski definition) is 0. The number of benzene rings is 1. The number of piperazine rings is 1. The minimum Gasteiger partial charge on any atom is -0.493 e. The van der Waals surface area contributed by atoms with Crippen LogP contribution in [-0.4, -0.2) is 56.2 Å². The highest BCUT2D eigenvalue weighted by Crippen LogP contribution is 2.28. The standard InChI is InChI=1S/C23H32N2O3/c1-18(2)6-9-20-21(10-7-19-8-11-22(26)28-23(19)20)27-17-5-4-12-25-15-13-24(3)14-16-25/h6-8,10-11H,4-5,9,12-17H2,1-3H3. The first kappa shape index (κ1) is 20.6. The predicted octanol–water partition coefficient (Wildman–Crippen LogP) is 3.71. The van der Waals surface area contributed by atoms with Crippen LogP contribution >= 0.6 is 0 Å². The van der Waals surface area contributed by atoms with Gasteiger partial charge in [0.2, 0.25) is 0 Å². The van der Waals surface area contributed by atoms with Crippen LogP contribution in [0.25, 0.3) is 11.0 Å². The molecule has 0 amide bonds. The fourth-order valence-corrected chi connectivity index (χ4v) is 3.50. The van der Waals surface area contributed by atoms with Gasteiger partial charge in [0.1, 0.15) is 11.3 Å². The number of unbranched alkanes of at least 4 members (excludes halogenated alkanes) is 1. The SMILES string of the molecule is CC(C)=CCc1c(OCCCCN2CCN(C)CC2)ccc2ccc(=O)oc12. The number of allylic oxidation sites excluding steroid dienone is 2. The van der Waals surface area contributed by atoms with Crippen molar-refractivity contribution in [2.45, 2.75) is 33.1 Å². The maximum Gasteiger partial charge on any atom is 0.336 e. The Hall–Kier alpha value is -2.11. The maximum atomic E-state index is 11.7. The van der Waals surface area contributed by atoms with Crippen molar-refractivity contribution >= 4 is 11.0 Å². The molecule has 1 aliphatic rings. The van der Waals surface area contributed by atoms with Crippen molar-refractivity contribution in [1.29, 1.82) is 0 Å². The lowest BCUT2D eigenvalue weighted by molar-refractivity contribution is 0.150. The lowest BCUT2D eigenvalue weighted by Gasteiger charge is -2.32. The summed E-state index contributed by atoms with van der Waals surface area (Å²) in [5.74, 6) is 0.818. The van der Waals surface area contributed by atoms with Crippen LogP contribution in [0, 0.1) is 0 Å². The number of ether oxygens (including phenoxy) is 1. The molecule has 5 nitrogen and oxygen atoms in total. The molecule has 0 spiro atoms. The van der Waals surface area contributed by atoms with Gasteiger partial charge in [-0.3, -0.25) is 0 Å². The molecular weight excluding hydrogens is 352 g/mol. The highest BCUT2D eigenvalue weighted by atomic mass is 16.5. The summed E-state index contributed by atoms with van der Waals surface area (Å²) in [6, 6.07) is 7.24. The maximum absolute atomic E-state index is 11.7. The number of hydrogen-bond acceptors (Lipinski definition) is 5. The van der Waals surface area contributed by atoms with Gasteiger partial charge in [-0.15, -0.1) is 0 Å². The minimum absolute atomic E-state index is 0.324. The quantitative estimate of drug-likeness (QED) is 0.394. The van der Waals surface area contributed by atoms with E-state index in [1.165, 1.54) is 11.6 Å². The van der Waals surface area contributed by atoms with Crippen LogP contribution in [-0.2, 0) is 6.42 Å². The molecule has 0 bridgehead atoms. The summed E-state index contributed by atoms with van der Waals surface area (Å²) in [7, 11) is 2.18. The Kier molecular flexibility index (Phi) is 7.29. The molecule has 0 radical (unpaired) electrons. The second kappa shape index (κ2) is 9.89. The molecule has 28 heavy (non-hydrogen) atoms. The van der Waals surface area contributed by atoms with E-state index >= 15 is 0 Å². The first-order chi connectivity index (χ1) is 13.5. The molecule has 1 fully saturated rings. The summed E-state index contributed by atoms with van der Waals surface area (Å²) in [6.45, 7) is 10.6. The van der Waals surface area contributed by atoms with E-state index in [0.29, 0.717) is 18.6 Å². The van der Waals surface area contributed by atoms with Crippen LogP contribution in [0.15, 0.2) is 45.1 Å². The summed E-state index contributed by atoms with van der Waals surface area (Å²) in [4.78, 5) is 16.6. The summed E-state index contributed by atoms with van der Waals surface area (Å²) >= 11 is 0. The predicted molar refractivity (Wildman–Crippen MR) is 114 cm³/mol. The van der Waals surface area contributed by atoms with E-state index < -0.39 is 0 Å². The third-order valence-corrected chi connectivity index (χ3v) is 5.29. The van der Waals surface area contributed by atoms with E-state index in [4.69, 9.17) is 9.15 Å². The molecule has 5 heteroatoms. The molecule has 0 atom stereocenters. The lowest BCUT2D eigenvalue weighted by Crippen LogP contribution is -2.44. The molecule has 0 unspecified atom stereocenters. The van der Waals surface area contributed by atoms with Gasteiger partial charge in [0.05, 0.1) is 6.61 Å². The van der Waals surface area contributed by atoms with Crippen molar-refractivity contribution in [3.05, 3.63) is 51.9 Å². The van der Waals surface area contributed by atoms with Crippen LogP contribution in [0.3, 0.4) is 0 Å². The van der Waals surface area contributed by atoms with E-state index in [-0.39, 0.29) is 5.63 Å². The normalized spacial score (nSPS) is 15.7. The summed E-state index contributed by atoms with van der Waals surface area (Å²) in [5.41, 5.74) is 2.50. The second-order valence-corrected chi connectivity index (χ2v) is 7.90. The first-order valence-corrected chi connectivity index (χ1v) is 10.3. The fraction of sp³-hybridized carbons (Fsp3) is 0.522. The Morgan fingerprint density at radius 3 is 2.61 bits per heavy atom. The smallest absolute Gasteiger partial charge is 0.336 e. The van der Waals surface area contributed by atoms with Crippen molar-refractivity contribution in [1.82, 2.24) is 9.80 Å². The van der Waals surface area contributed by atoms with Gasteiger partial charge < -0.3 is 19.0 Å². The second-order valence-electron chi connectivity index (χ2n) is 7.90. The summed E-state index contributed by atoms with van der Waals surface area (Å²) in [5, 5.41) is 0.930. The van der Waals surface area contributed by atoms with E-state index in [1.807, 2.05) is 18.2 Å². The van der Waals surface area contributed by atoms with Gasteiger partial charge in [-0.05, 0) is 64.9 Å². The van der Waals surface area contributed by atoms with Crippen LogP contribution in [0.2, 0.25) is 0 Å². The zero-order chi connectivity index (χ0) is 19.9. The minimum atomic E-state index is -0.324. The Bertz CT molecular complexity index is 860. The topological polar surface area (TPSA) is 45.9 Å². The Morgan fingerprint density at radius 1 is 1.11 bits per heavy atom. The molecule has 152 valence electrons. The van der Waals surface area contributed by atoms with Crippen LogP contribution in [0.5, 0.6) is 5.75 Å². The van der Waals surface area contributed by atoms with Gasteiger partial charge in [-0.1, -0.05) is 11.6 Å². The third-order valence-electron chi connectivity index (χ3n) is 5.29. The third kappa shape index (κ3) is 5.69. The van der Waals surface area contributed by atoms with E-state index in [2.05, 4.69) is 36.8 Å². The lowest BCUT2D eigenvalue weighted by atomic mass is 10.1. The Labute approximate surface area is 167 Å². The zero-order valence-electron chi connectivity index (χ0n) is 17.4. The number of rotatable bonds is 8. The fourth-order valence-electron chi connectivity index (χ4n) is 3.50. The molecular formula is C23H32N2O3. The van der Waals surface area contributed by atoms with Gasteiger partial charge >= 0.3 is 5.63 Å². The molecule has 2 aromatic rings.